The minimum absolute atomic E-state index is 0.0733. The van der Waals surface area contributed by atoms with Gasteiger partial charge in [0.25, 0.3) is 5.56 Å². The fraction of sp³-hybridized carbons (Fsp3) is 0.389. The second kappa shape index (κ2) is 6.90. The second-order valence-electron chi connectivity index (χ2n) is 6.65. The smallest absolute Gasteiger partial charge is 0.267 e. The Morgan fingerprint density at radius 1 is 1.22 bits per heavy atom. The molecule has 0 spiro atoms. The summed E-state index contributed by atoms with van der Waals surface area (Å²) >= 11 is 1.84. The summed E-state index contributed by atoms with van der Waals surface area (Å²) < 4.78 is 7.24. The van der Waals surface area contributed by atoms with Crippen molar-refractivity contribution >= 4 is 28.7 Å². The van der Waals surface area contributed by atoms with Gasteiger partial charge in [-0.05, 0) is 23.4 Å². The van der Waals surface area contributed by atoms with Crippen molar-refractivity contribution < 1.29 is 4.74 Å². The summed E-state index contributed by atoms with van der Waals surface area (Å²) in [5.41, 5.74) is 3.34. The van der Waals surface area contributed by atoms with Crippen molar-refractivity contribution in [3.05, 3.63) is 52.2 Å². The maximum absolute atomic E-state index is 12.6. The molecule has 3 aromatic heterocycles. The van der Waals surface area contributed by atoms with Gasteiger partial charge in [-0.1, -0.05) is 0 Å². The molecule has 2 unspecified atom stereocenters. The molecule has 2 atom stereocenters. The number of hydrogen-bond acceptors (Lipinski definition) is 8. The summed E-state index contributed by atoms with van der Waals surface area (Å²) in [6.07, 6.45) is 4.16. The Kier molecular flexibility index (Phi) is 4.25. The molecule has 0 aliphatic carbocycles. The number of aryl methyl sites for hydroxylation is 1. The molecule has 5 rings (SSSR count). The molecule has 0 amide bonds. The van der Waals surface area contributed by atoms with Crippen LogP contribution >= 0.6 is 11.8 Å². The van der Waals surface area contributed by atoms with Crippen LogP contribution in [0.25, 0.3) is 11.2 Å². The number of thioether (sulfide) groups is 1. The minimum Gasteiger partial charge on any atom is -0.377 e. The Bertz CT molecular complexity index is 1060. The summed E-state index contributed by atoms with van der Waals surface area (Å²) in [6.45, 7) is 0.942. The third-order valence-corrected chi connectivity index (χ3v) is 5.90. The Labute approximate surface area is 159 Å². The molecule has 1 saturated heterocycles. The summed E-state index contributed by atoms with van der Waals surface area (Å²) in [6, 6.07) is 5.22. The Balaban J connectivity index is 1.44. The van der Waals surface area contributed by atoms with Gasteiger partial charge < -0.3 is 10.1 Å². The fourth-order valence-corrected chi connectivity index (χ4v) is 4.46. The number of hydrogen-bond donors (Lipinski definition) is 1. The highest BCUT2D eigenvalue weighted by Crippen LogP contribution is 2.25. The zero-order chi connectivity index (χ0) is 18.2. The molecule has 138 valence electrons. The SMILES string of the molecule is O=c1cc2c(nn1C1COCC1Nc1ccc3nccnc3n1)CCSC2. The number of anilines is 1. The number of nitrogens with zero attached hydrogens (tertiary/aromatic N) is 5. The van der Waals surface area contributed by atoms with E-state index < -0.39 is 0 Å². The van der Waals surface area contributed by atoms with E-state index in [0.29, 0.717) is 24.7 Å². The zero-order valence-corrected chi connectivity index (χ0v) is 15.4. The van der Waals surface area contributed by atoms with Gasteiger partial charge >= 0.3 is 0 Å². The molecule has 0 bridgehead atoms. The van der Waals surface area contributed by atoms with Crippen LogP contribution < -0.4 is 10.9 Å². The highest BCUT2D eigenvalue weighted by Gasteiger charge is 2.32. The van der Waals surface area contributed by atoms with Crippen molar-refractivity contribution in [2.75, 3.05) is 24.3 Å². The number of fused-ring (bicyclic) bond motifs is 2. The molecule has 8 nitrogen and oxygen atoms in total. The first-order valence-corrected chi connectivity index (χ1v) is 10.0. The lowest BCUT2D eigenvalue weighted by Gasteiger charge is -2.23. The first-order chi connectivity index (χ1) is 13.3. The average molecular weight is 382 g/mol. The maximum Gasteiger partial charge on any atom is 0.267 e. The molecule has 0 radical (unpaired) electrons. The Hall–Kier alpha value is -2.52. The summed E-state index contributed by atoms with van der Waals surface area (Å²) in [5, 5.41) is 8.05. The van der Waals surface area contributed by atoms with Gasteiger partial charge in [0, 0.05) is 30.6 Å². The predicted molar refractivity (Wildman–Crippen MR) is 103 cm³/mol. The summed E-state index contributed by atoms with van der Waals surface area (Å²) in [5.74, 6) is 2.60. The van der Waals surface area contributed by atoms with E-state index in [1.54, 1.807) is 23.1 Å². The molecule has 3 aromatic rings. The number of ether oxygens (including phenoxy) is 1. The van der Waals surface area contributed by atoms with E-state index in [1.807, 2.05) is 23.9 Å². The van der Waals surface area contributed by atoms with Crippen molar-refractivity contribution in [3.8, 4) is 0 Å². The highest BCUT2D eigenvalue weighted by atomic mass is 32.2. The summed E-state index contributed by atoms with van der Waals surface area (Å²) in [7, 11) is 0. The summed E-state index contributed by atoms with van der Waals surface area (Å²) in [4.78, 5) is 25.6. The van der Waals surface area contributed by atoms with Gasteiger partial charge in [0.15, 0.2) is 5.65 Å². The van der Waals surface area contributed by atoms with E-state index >= 15 is 0 Å². The molecule has 0 aromatic carbocycles. The van der Waals surface area contributed by atoms with Gasteiger partial charge in [-0.2, -0.15) is 16.9 Å². The van der Waals surface area contributed by atoms with Gasteiger partial charge in [0.2, 0.25) is 0 Å². The van der Waals surface area contributed by atoms with Crippen LogP contribution in [-0.4, -0.2) is 49.7 Å². The van der Waals surface area contributed by atoms with E-state index in [2.05, 4.69) is 25.4 Å². The third kappa shape index (κ3) is 3.17. The van der Waals surface area contributed by atoms with Crippen LogP contribution in [0.1, 0.15) is 17.3 Å². The number of rotatable bonds is 3. The first-order valence-electron chi connectivity index (χ1n) is 8.89. The topological polar surface area (TPSA) is 94.8 Å². The van der Waals surface area contributed by atoms with Gasteiger partial charge in [-0.25, -0.2) is 14.6 Å². The normalized spacial score (nSPS) is 21.9. The van der Waals surface area contributed by atoms with Crippen LogP contribution in [0, 0.1) is 0 Å². The molecule has 2 aliphatic heterocycles. The van der Waals surface area contributed by atoms with Crippen LogP contribution in [0.2, 0.25) is 0 Å². The fourth-order valence-electron chi connectivity index (χ4n) is 3.51. The number of aromatic nitrogens is 5. The quantitative estimate of drug-likeness (QED) is 0.727. The average Bonchev–Trinajstić information content (AvgIpc) is 3.15. The Morgan fingerprint density at radius 2 is 2.15 bits per heavy atom. The molecule has 1 fully saturated rings. The first kappa shape index (κ1) is 16.6. The van der Waals surface area contributed by atoms with Crippen molar-refractivity contribution in [2.24, 2.45) is 0 Å². The lowest BCUT2D eigenvalue weighted by Crippen LogP contribution is -2.38. The van der Waals surface area contributed by atoms with Crippen molar-refractivity contribution in [1.82, 2.24) is 24.7 Å². The van der Waals surface area contributed by atoms with E-state index in [0.717, 1.165) is 34.7 Å². The van der Waals surface area contributed by atoms with E-state index in [-0.39, 0.29) is 17.6 Å². The lowest BCUT2D eigenvalue weighted by atomic mass is 10.1. The van der Waals surface area contributed by atoms with Crippen LogP contribution in [-0.2, 0) is 16.9 Å². The van der Waals surface area contributed by atoms with Crippen LogP contribution in [0.4, 0.5) is 5.82 Å². The number of nitrogens with one attached hydrogen (secondary N) is 1. The van der Waals surface area contributed by atoms with Crippen LogP contribution in [0.3, 0.4) is 0 Å². The van der Waals surface area contributed by atoms with Crippen molar-refractivity contribution in [1.29, 1.82) is 0 Å². The Morgan fingerprint density at radius 3 is 3.11 bits per heavy atom. The minimum atomic E-state index is -0.170. The van der Waals surface area contributed by atoms with Gasteiger partial charge in [0.1, 0.15) is 17.4 Å². The van der Waals surface area contributed by atoms with Crippen molar-refractivity contribution in [2.45, 2.75) is 24.3 Å². The molecule has 9 heteroatoms. The standard InChI is InChI=1S/C18H18N6O2S/c25-17-7-11-10-27-6-3-12(11)23-24(17)15-9-26-8-14(15)21-16-2-1-13-18(22-16)20-5-4-19-13/h1-2,4-5,7,14-15H,3,6,8-10H2,(H,20,21,22). The van der Waals surface area contributed by atoms with Gasteiger partial charge in [-0.15, -0.1) is 0 Å². The molecular weight excluding hydrogens is 364 g/mol. The van der Waals surface area contributed by atoms with Crippen LogP contribution in [0.15, 0.2) is 35.4 Å². The molecular formula is C18H18N6O2S. The largest absolute Gasteiger partial charge is 0.377 e. The molecule has 1 N–H and O–H groups in total. The zero-order valence-electron chi connectivity index (χ0n) is 14.5. The third-order valence-electron chi connectivity index (χ3n) is 4.89. The molecule has 2 aliphatic rings. The maximum atomic E-state index is 12.6. The second-order valence-corrected chi connectivity index (χ2v) is 7.76. The lowest BCUT2D eigenvalue weighted by molar-refractivity contribution is 0.182. The number of pyridine rings is 1. The molecule has 27 heavy (non-hydrogen) atoms. The van der Waals surface area contributed by atoms with E-state index in [4.69, 9.17) is 4.74 Å². The van der Waals surface area contributed by atoms with Gasteiger partial charge in [-0.3, -0.25) is 9.78 Å². The van der Waals surface area contributed by atoms with Gasteiger partial charge in [0.05, 0.1) is 24.9 Å². The molecule has 5 heterocycles. The highest BCUT2D eigenvalue weighted by molar-refractivity contribution is 7.98. The van der Waals surface area contributed by atoms with E-state index in [9.17, 15) is 4.79 Å². The van der Waals surface area contributed by atoms with E-state index in [1.165, 1.54) is 0 Å². The van der Waals surface area contributed by atoms with Crippen molar-refractivity contribution in [3.63, 3.8) is 0 Å². The predicted octanol–water partition coefficient (Wildman–Crippen LogP) is 1.42. The molecule has 0 saturated carbocycles. The van der Waals surface area contributed by atoms with Crippen LogP contribution in [0.5, 0.6) is 0 Å². The monoisotopic (exact) mass is 382 g/mol.